The zero-order chi connectivity index (χ0) is 20.8. The van der Waals surface area contributed by atoms with E-state index < -0.39 is 0 Å². The number of methoxy groups -OCH3 is 1. The van der Waals surface area contributed by atoms with E-state index in [1.165, 1.54) is 0 Å². The number of rotatable bonds is 7. The first-order valence-corrected chi connectivity index (χ1v) is 10.2. The van der Waals surface area contributed by atoms with Crippen LogP contribution in [-0.4, -0.2) is 39.4 Å². The predicted octanol–water partition coefficient (Wildman–Crippen LogP) is 3.92. The number of carbonyl (C=O) groups is 1. The molecule has 0 radical (unpaired) electrons. The number of likely N-dealkylation sites (tertiary alicyclic amines) is 1. The van der Waals surface area contributed by atoms with Gasteiger partial charge in [-0.3, -0.25) is 9.78 Å². The first-order valence-electron chi connectivity index (χ1n) is 10.2. The smallest absolute Gasteiger partial charge is 0.223 e. The average molecular weight is 403 g/mol. The van der Waals surface area contributed by atoms with E-state index in [-0.39, 0.29) is 11.9 Å². The van der Waals surface area contributed by atoms with Gasteiger partial charge in [0.15, 0.2) is 0 Å². The first-order chi connectivity index (χ1) is 14.7. The summed E-state index contributed by atoms with van der Waals surface area (Å²) in [7, 11) is 1.66. The third-order valence-corrected chi connectivity index (χ3v) is 5.31. The molecule has 30 heavy (non-hydrogen) atoms. The van der Waals surface area contributed by atoms with Crippen LogP contribution in [0.4, 0.5) is 11.6 Å². The molecule has 0 bridgehead atoms. The maximum atomic E-state index is 13.0. The summed E-state index contributed by atoms with van der Waals surface area (Å²) in [5.41, 5.74) is 1.95. The fraction of sp³-hybridized carbons (Fsp3) is 0.304. The van der Waals surface area contributed by atoms with Gasteiger partial charge in [0.05, 0.1) is 25.0 Å². The molecule has 3 heterocycles. The third-order valence-electron chi connectivity index (χ3n) is 5.31. The molecule has 0 saturated carbocycles. The Kier molecular flexibility index (Phi) is 6.17. The predicted molar refractivity (Wildman–Crippen MR) is 115 cm³/mol. The van der Waals surface area contributed by atoms with Crippen LogP contribution in [0, 0.1) is 0 Å². The molecule has 154 valence electrons. The van der Waals surface area contributed by atoms with Gasteiger partial charge in [-0.25, -0.2) is 9.97 Å². The van der Waals surface area contributed by atoms with Gasteiger partial charge >= 0.3 is 0 Å². The molecular weight excluding hydrogens is 378 g/mol. The highest BCUT2D eigenvalue weighted by Crippen LogP contribution is 2.32. The monoisotopic (exact) mass is 403 g/mol. The summed E-state index contributed by atoms with van der Waals surface area (Å²) in [4.78, 5) is 28.0. The van der Waals surface area contributed by atoms with Gasteiger partial charge in [0, 0.05) is 25.4 Å². The molecule has 1 amide bonds. The molecule has 1 saturated heterocycles. The van der Waals surface area contributed by atoms with Gasteiger partial charge in [0.2, 0.25) is 5.91 Å². The average Bonchev–Trinajstić information content (AvgIpc) is 3.29. The van der Waals surface area contributed by atoms with Crippen molar-refractivity contribution in [2.75, 3.05) is 19.0 Å². The van der Waals surface area contributed by atoms with Crippen molar-refractivity contribution in [1.29, 1.82) is 0 Å². The highest BCUT2D eigenvalue weighted by atomic mass is 16.5. The number of pyridine rings is 1. The van der Waals surface area contributed by atoms with Crippen molar-refractivity contribution < 1.29 is 9.53 Å². The SMILES string of the molecule is COc1ccccc1CCC(=O)N1CCC[C@@H]1c1cccc(Nc2cnccn2)n1. The second-order valence-corrected chi connectivity index (χ2v) is 7.22. The van der Waals surface area contributed by atoms with E-state index in [1.54, 1.807) is 25.7 Å². The van der Waals surface area contributed by atoms with Crippen molar-refractivity contribution in [2.24, 2.45) is 0 Å². The van der Waals surface area contributed by atoms with Crippen molar-refractivity contribution >= 4 is 17.5 Å². The summed E-state index contributed by atoms with van der Waals surface area (Å²) in [6.07, 6.45) is 7.92. The van der Waals surface area contributed by atoms with Gasteiger partial charge in [-0.2, -0.15) is 0 Å². The van der Waals surface area contributed by atoms with Crippen molar-refractivity contribution in [3.63, 3.8) is 0 Å². The van der Waals surface area contributed by atoms with Gasteiger partial charge in [-0.15, -0.1) is 0 Å². The van der Waals surface area contributed by atoms with E-state index in [1.807, 2.05) is 47.4 Å². The Hall–Kier alpha value is -3.48. The largest absolute Gasteiger partial charge is 0.496 e. The van der Waals surface area contributed by atoms with Crippen molar-refractivity contribution in [3.05, 3.63) is 72.3 Å². The lowest BCUT2D eigenvalue weighted by Gasteiger charge is -2.25. The number of hydrogen-bond donors (Lipinski definition) is 1. The normalized spacial score (nSPS) is 15.8. The summed E-state index contributed by atoms with van der Waals surface area (Å²) in [5.74, 6) is 2.31. The van der Waals surface area contributed by atoms with E-state index in [9.17, 15) is 4.79 Å². The zero-order valence-electron chi connectivity index (χ0n) is 17.0. The fourth-order valence-corrected chi connectivity index (χ4v) is 3.87. The lowest BCUT2D eigenvalue weighted by Crippen LogP contribution is -2.31. The van der Waals surface area contributed by atoms with E-state index in [4.69, 9.17) is 9.72 Å². The first kappa shape index (κ1) is 19.8. The molecule has 7 nitrogen and oxygen atoms in total. The van der Waals surface area contributed by atoms with E-state index in [2.05, 4.69) is 15.3 Å². The molecule has 1 fully saturated rings. The van der Waals surface area contributed by atoms with Gasteiger partial charge < -0.3 is 15.0 Å². The van der Waals surface area contributed by atoms with Crippen molar-refractivity contribution in [1.82, 2.24) is 19.9 Å². The minimum absolute atomic E-state index is 0.00113. The quantitative estimate of drug-likeness (QED) is 0.644. The number of benzene rings is 1. The standard InChI is InChI=1S/C23H25N5O2/c1-30-20-9-3-2-6-17(20)11-12-23(29)28-15-5-8-19(28)18-7-4-10-21(26-18)27-22-16-24-13-14-25-22/h2-4,6-7,9-10,13-14,16,19H,5,8,11-12,15H2,1H3,(H,25,26,27)/t19-/m1/s1. The second kappa shape index (κ2) is 9.35. The van der Waals surface area contributed by atoms with Crippen LogP contribution in [0.1, 0.15) is 36.6 Å². The van der Waals surface area contributed by atoms with Crippen LogP contribution in [0.3, 0.4) is 0 Å². The van der Waals surface area contributed by atoms with Gasteiger partial charge in [0.25, 0.3) is 0 Å². The Labute approximate surface area is 176 Å². The number of amides is 1. The molecule has 1 atom stereocenters. The maximum Gasteiger partial charge on any atom is 0.223 e. The van der Waals surface area contributed by atoms with Crippen LogP contribution in [-0.2, 0) is 11.2 Å². The number of aromatic nitrogens is 3. The zero-order valence-corrected chi connectivity index (χ0v) is 17.0. The van der Waals surface area contributed by atoms with Gasteiger partial charge in [-0.05, 0) is 43.0 Å². The van der Waals surface area contributed by atoms with Crippen molar-refractivity contribution in [3.8, 4) is 5.75 Å². The lowest BCUT2D eigenvalue weighted by atomic mass is 10.1. The van der Waals surface area contributed by atoms with Gasteiger partial charge in [-0.1, -0.05) is 24.3 Å². The molecule has 1 aromatic carbocycles. The molecular formula is C23H25N5O2. The number of nitrogens with one attached hydrogen (secondary N) is 1. The summed E-state index contributed by atoms with van der Waals surface area (Å²) < 4.78 is 5.40. The summed E-state index contributed by atoms with van der Waals surface area (Å²) in [6, 6.07) is 13.7. The molecule has 1 aliphatic heterocycles. The number of carbonyl (C=O) groups excluding carboxylic acids is 1. The Bertz CT molecular complexity index is 996. The van der Waals surface area contributed by atoms with Crippen LogP contribution in [0.5, 0.6) is 5.75 Å². The second-order valence-electron chi connectivity index (χ2n) is 7.22. The minimum Gasteiger partial charge on any atom is -0.496 e. The Morgan fingerprint density at radius 2 is 2.07 bits per heavy atom. The Balaban J connectivity index is 1.44. The Morgan fingerprint density at radius 1 is 1.17 bits per heavy atom. The highest BCUT2D eigenvalue weighted by molar-refractivity contribution is 5.77. The number of aryl methyl sites for hydroxylation is 1. The number of hydrogen-bond acceptors (Lipinski definition) is 6. The molecule has 0 aliphatic carbocycles. The van der Waals surface area contributed by atoms with E-state index >= 15 is 0 Å². The molecule has 4 rings (SSSR count). The third kappa shape index (κ3) is 4.56. The van der Waals surface area contributed by atoms with Crippen LogP contribution in [0.15, 0.2) is 61.1 Å². The van der Waals surface area contributed by atoms with E-state index in [0.717, 1.165) is 36.4 Å². The maximum absolute atomic E-state index is 13.0. The minimum atomic E-state index is -0.00113. The topological polar surface area (TPSA) is 80.2 Å². The molecule has 7 heteroatoms. The molecule has 0 unspecified atom stereocenters. The van der Waals surface area contributed by atoms with Gasteiger partial charge in [0.1, 0.15) is 17.4 Å². The molecule has 3 aromatic rings. The summed E-state index contributed by atoms with van der Waals surface area (Å²) in [6.45, 7) is 0.763. The molecule has 1 N–H and O–H groups in total. The highest BCUT2D eigenvalue weighted by Gasteiger charge is 2.30. The van der Waals surface area contributed by atoms with E-state index in [0.29, 0.717) is 24.5 Å². The molecule has 0 spiro atoms. The fourth-order valence-electron chi connectivity index (χ4n) is 3.87. The molecule has 1 aliphatic rings. The van der Waals surface area contributed by atoms with Crippen LogP contribution in [0.2, 0.25) is 0 Å². The Morgan fingerprint density at radius 3 is 2.90 bits per heavy atom. The summed E-state index contributed by atoms with van der Waals surface area (Å²) in [5, 5.41) is 3.17. The van der Waals surface area contributed by atoms with Crippen LogP contribution >= 0.6 is 0 Å². The van der Waals surface area contributed by atoms with Crippen molar-refractivity contribution in [2.45, 2.75) is 31.7 Å². The number of para-hydroxylation sites is 1. The number of anilines is 2. The summed E-state index contributed by atoms with van der Waals surface area (Å²) >= 11 is 0. The van der Waals surface area contributed by atoms with Crippen LogP contribution in [0.25, 0.3) is 0 Å². The number of ether oxygens (including phenoxy) is 1. The lowest BCUT2D eigenvalue weighted by molar-refractivity contribution is -0.132. The number of nitrogens with zero attached hydrogens (tertiary/aromatic N) is 4. The molecule has 2 aromatic heterocycles. The van der Waals surface area contributed by atoms with Crippen LogP contribution < -0.4 is 10.1 Å².